The van der Waals surface area contributed by atoms with Gasteiger partial charge in [0, 0.05) is 11.6 Å². The van der Waals surface area contributed by atoms with Crippen LogP contribution in [-0.4, -0.2) is 37.8 Å². The molecule has 0 aromatic carbocycles. The molecule has 0 saturated carbocycles. The molecule has 3 rings (SSSR count). The molecule has 8 nitrogen and oxygen atoms in total. The van der Waals surface area contributed by atoms with Crippen molar-refractivity contribution in [2.75, 3.05) is 0 Å². The van der Waals surface area contributed by atoms with Gasteiger partial charge >= 0.3 is 5.97 Å². The van der Waals surface area contributed by atoms with Crippen LogP contribution in [0.5, 0.6) is 0 Å². The standard InChI is InChI=1S/C19H22N4O4/c1-9(2)23-17-15(8-20-23)14(18(24)21-11(4)19(25)26)7-16(22-17)13-6-10(3)27-12(13)5/h6-9,11H,1-5H3,(H,21,24)(H,25,26)/t11-/m0/s1. The number of carboxylic acids is 1. The van der Waals surface area contributed by atoms with Crippen LogP contribution >= 0.6 is 0 Å². The number of nitrogens with zero attached hydrogens (tertiary/aromatic N) is 3. The van der Waals surface area contributed by atoms with E-state index in [9.17, 15) is 9.59 Å². The monoisotopic (exact) mass is 370 g/mol. The van der Waals surface area contributed by atoms with Crippen molar-refractivity contribution in [3.63, 3.8) is 0 Å². The van der Waals surface area contributed by atoms with E-state index in [1.165, 1.54) is 6.92 Å². The number of hydrogen-bond acceptors (Lipinski definition) is 5. The van der Waals surface area contributed by atoms with Crippen LogP contribution in [0.25, 0.3) is 22.3 Å². The number of pyridine rings is 1. The van der Waals surface area contributed by atoms with Crippen LogP contribution in [0.4, 0.5) is 0 Å². The maximum absolute atomic E-state index is 12.8. The minimum absolute atomic E-state index is 0.0475. The molecule has 0 unspecified atom stereocenters. The number of fused-ring (bicyclic) bond motifs is 1. The summed E-state index contributed by atoms with van der Waals surface area (Å²) in [4.78, 5) is 28.6. The lowest BCUT2D eigenvalue weighted by Crippen LogP contribution is -2.38. The molecule has 3 heterocycles. The van der Waals surface area contributed by atoms with Gasteiger partial charge in [0.15, 0.2) is 5.65 Å². The Labute approximate surface area is 156 Å². The molecule has 2 N–H and O–H groups in total. The summed E-state index contributed by atoms with van der Waals surface area (Å²) in [5.41, 5.74) is 2.25. The Morgan fingerprint density at radius 1 is 1.22 bits per heavy atom. The Hall–Kier alpha value is -3.16. The molecular formula is C19H22N4O4. The fraction of sp³-hybridized carbons (Fsp3) is 0.368. The topological polar surface area (TPSA) is 110 Å². The summed E-state index contributed by atoms with van der Waals surface area (Å²) in [6, 6.07) is 2.55. The summed E-state index contributed by atoms with van der Waals surface area (Å²) in [5.74, 6) is -0.153. The van der Waals surface area contributed by atoms with Gasteiger partial charge in [0.2, 0.25) is 0 Å². The fourth-order valence-corrected chi connectivity index (χ4v) is 2.94. The van der Waals surface area contributed by atoms with Crippen molar-refractivity contribution in [1.82, 2.24) is 20.1 Å². The third kappa shape index (κ3) is 3.42. The first kappa shape index (κ1) is 18.6. The number of carboxylic acid groups (broad SMARTS) is 1. The number of furan rings is 1. The Balaban J connectivity index is 2.20. The van der Waals surface area contributed by atoms with E-state index in [-0.39, 0.29) is 6.04 Å². The molecule has 8 heteroatoms. The zero-order chi connectivity index (χ0) is 19.9. The summed E-state index contributed by atoms with van der Waals surface area (Å²) in [7, 11) is 0. The maximum Gasteiger partial charge on any atom is 0.325 e. The number of carbonyl (C=O) groups excluding carboxylic acids is 1. The largest absolute Gasteiger partial charge is 0.480 e. The van der Waals surface area contributed by atoms with Crippen molar-refractivity contribution in [3.8, 4) is 11.3 Å². The van der Waals surface area contributed by atoms with Gasteiger partial charge in [0.05, 0.1) is 22.8 Å². The number of aliphatic carboxylic acids is 1. The molecule has 0 aliphatic rings. The van der Waals surface area contributed by atoms with Gasteiger partial charge in [-0.1, -0.05) is 0 Å². The lowest BCUT2D eigenvalue weighted by molar-refractivity contribution is -0.138. The molecule has 1 atom stereocenters. The molecule has 0 fully saturated rings. The van der Waals surface area contributed by atoms with Crippen LogP contribution in [0.2, 0.25) is 0 Å². The molecule has 0 spiro atoms. The number of aryl methyl sites for hydroxylation is 2. The number of carbonyl (C=O) groups is 2. The molecule has 0 radical (unpaired) electrons. The van der Waals surface area contributed by atoms with Crippen molar-refractivity contribution < 1.29 is 19.1 Å². The first-order chi connectivity index (χ1) is 12.7. The molecule has 0 saturated heterocycles. The number of aromatic nitrogens is 3. The lowest BCUT2D eigenvalue weighted by Gasteiger charge is -2.12. The molecule has 3 aromatic rings. The average molecular weight is 370 g/mol. The smallest absolute Gasteiger partial charge is 0.325 e. The van der Waals surface area contributed by atoms with E-state index in [0.29, 0.717) is 28.1 Å². The highest BCUT2D eigenvalue weighted by atomic mass is 16.4. The van der Waals surface area contributed by atoms with E-state index in [1.54, 1.807) is 16.9 Å². The van der Waals surface area contributed by atoms with Crippen molar-refractivity contribution in [2.24, 2.45) is 0 Å². The van der Waals surface area contributed by atoms with Gasteiger partial charge in [0.1, 0.15) is 17.6 Å². The quantitative estimate of drug-likeness (QED) is 0.714. The predicted molar refractivity (Wildman–Crippen MR) is 99.7 cm³/mol. The third-order valence-electron chi connectivity index (χ3n) is 4.34. The Morgan fingerprint density at radius 3 is 2.48 bits per heavy atom. The molecule has 0 aliphatic carbocycles. The first-order valence-electron chi connectivity index (χ1n) is 8.68. The number of amides is 1. The van der Waals surface area contributed by atoms with Gasteiger partial charge in [-0.05, 0) is 46.8 Å². The maximum atomic E-state index is 12.8. The molecule has 1 amide bonds. The fourth-order valence-electron chi connectivity index (χ4n) is 2.94. The molecule has 3 aromatic heterocycles. The highest BCUT2D eigenvalue weighted by Gasteiger charge is 2.22. The van der Waals surface area contributed by atoms with E-state index in [1.807, 2.05) is 33.8 Å². The minimum atomic E-state index is -1.10. The number of rotatable bonds is 5. The Kier molecular flexibility index (Phi) is 4.73. The predicted octanol–water partition coefficient (Wildman–Crippen LogP) is 3.09. The highest BCUT2D eigenvalue weighted by molar-refractivity contribution is 6.07. The van der Waals surface area contributed by atoms with Gasteiger partial charge < -0.3 is 14.8 Å². The molecule has 142 valence electrons. The van der Waals surface area contributed by atoms with Crippen molar-refractivity contribution in [2.45, 2.75) is 46.7 Å². The second-order valence-electron chi connectivity index (χ2n) is 6.84. The van der Waals surface area contributed by atoms with Crippen LogP contribution < -0.4 is 5.32 Å². The van der Waals surface area contributed by atoms with Crippen molar-refractivity contribution in [1.29, 1.82) is 0 Å². The van der Waals surface area contributed by atoms with Gasteiger partial charge in [-0.15, -0.1) is 0 Å². The Bertz CT molecular complexity index is 1030. The van der Waals surface area contributed by atoms with Crippen molar-refractivity contribution >= 4 is 22.9 Å². The lowest BCUT2D eigenvalue weighted by atomic mass is 10.1. The first-order valence-corrected chi connectivity index (χ1v) is 8.68. The molecule has 0 aliphatic heterocycles. The van der Waals surface area contributed by atoms with E-state index in [0.717, 1.165) is 11.3 Å². The molecule has 27 heavy (non-hydrogen) atoms. The van der Waals surface area contributed by atoms with Gasteiger partial charge in [-0.3, -0.25) is 9.59 Å². The van der Waals surface area contributed by atoms with E-state index >= 15 is 0 Å². The number of hydrogen-bond donors (Lipinski definition) is 2. The zero-order valence-electron chi connectivity index (χ0n) is 15.9. The molecule has 0 bridgehead atoms. The van der Waals surface area contributed by atoms with Crippen LogP contribution in [-0.2, 0) is 4.79 Å². The highest BCUT2D eigenvalue weighted by Crippen LogP contribution is 2.30. The molecular weight excluding hydrogens is 348 g/mol. The van der Waals surface area contributed by atoms with E-state index in [2.05, 4.69) is 10.4 Å². The summed E-state index contributed by atoms with van der Waals surface area (Å²) in [5, 5.41) is 16.5. The van der Waals surface area contributed by atoms with Gasteiger partial charge in [-0.25, -0.2) is 9.67 Å². The summed E-state index contributed by atoms with van der Waals surface area (Å²) in [6.45, 7) is 9.04. The Morgan fingerprint density at radius 2 is 1.93 bits per heavy atom. The van der Waals surface area contributed by atoms with Crippen molar-refractivity contribution in [3.05, 3.63) is 35.4 Å². The van der Waals surface area contributed by atoms with Crippen LogP contribution in [0.15, 0.2) is 22.7 Å². The van der Waals surface area contributed by atoms with Gasteiger partial charge in [0.25, 0.3) is 5.91 Å². The second kappa shape index (κ2) is 6.86. The number of nitrogens with one attached hydrogen (secondary N) is 1. The van der Waals surface area contributed by atoms with Gasteiger partial charge in [-0.2, -0.15) is 5.10 Å². The zero-order valence-corrected chi connectivity index (χ0v) is 15.9. The van der Waals surface area contributed by atoms with Crippen LogP contribution in [0.1, 0.15) is 48.7 Å². The average Bonchev–Trinajstić information content (AvgIpc) is 3.16. The van der Waals surface area contributed by atoms with Crippen LogP contribution in [0, 0.1) is 13.8 Å². The third-order valence-corrected chi connectivity index (χ3v) is 4.34. The summed E-state index contributed by atoms with van der Waals surface area (Å²) in [6.07, 6.45) is 1.58. The SMILES string of the molecule is Cc1cc(-c2cc(C(=O)N[C@@H](C)C(=O)O)c3cnn(C(C)C)c3n2)c(C)o1. The minimum Gasteiger partial charge on any atom is -0.480 e. The normalized spacial score (nSPS) is 12.5. The van der Waals surface area contributed by atoms with Crippen LogP contribution in [0.3, 0.4) is 0 Å². The van der Waals surface area contributed by atoms with E-state index in [4.69, 9.17) is 14.5 Å². The second-order valence-corrected chi connectivity index (χ2v) is 6.84. The summed E-state index contributed by atoms with van der Waals surface area (Å²) >= 11 is 0. The van der Waals surface area contributed by atoms with E-state index < -0.39 is 17.9 Å². The summed E-state index contributed by atoms with van der Waals surface area (Å²) < 4.78 is 7.33.